The van der Waals surface area contributed by atoms with Crippen LogP contribution < -0.4 is 5.32 Å². The molecule has 9 heteroatoms. The van der Waals surface area contributed by atoms with Crippen molar-refractivity contribution in [1.82, 2.24) is 24.8 Å². The Labute approximate surface area is 163 Å². The highest BCUT2D eigenvalue weighted by Gasteiger charge is 2.15. The van der Waals surface area contributed by atoms with E-state index in [1.807, 2.05) is 29.9 Å². The van der Waals surface area contributed by atoms with Gasteiger partial charge in [0.25, 0.3) is 5.89 Å². The Kier molecular flexibility index (Phi) is 6.38. The van der Waals surface area contributed by atoms with Crippen molar-refractivity contribution in [3.8, 4) is 11.5 Å². The summed E-state index contributed by atoms with van der Waals surface area (Å²) < 4.78 is 12.1. The van der Waals surface area contributed by atoms with E-state index in [0.717, 1.165) is 17.7 Å². The molecule has 9 nitrogen and oxygen atoms in total. The fourth-order valence-electron chi connectivity index (χ4n) is 2.65. The lowest BCUT2D eigenvalue weighted by atomic mass is 10.2. The van der Waals surface area contributed by atoms with Gasteiger partial charge in [0.2, 0.25) is 0 Å². The van der Waals surface area contributed by atoms with Gasteiger partial charge in [-0.2, -0.15) is 10.1 Å². The SMILES string of the molecule is CCn1cc(CN(CCOC)C(=O)Nc2ccc(-c3nc(C)no3)cc2)cn1. The number of aryl methyl sites for hydroxylation is 2. The van der Waals surface area contributed by atoms with Crippen LogP contribution in [0.4, 0.5) is 10.5 Å². The molecule has 148 valence electrons. The van der Waals surface area contributed by atoms with E-state index in [1.165, 1.54) is 0 Å². The van der Waals surface area contributed by atoms with Crippen molar-refractivity contribution in [2.75, 3.05) is 25.6 Å². The van der Waals surface area contributed by atoms with Crippen LogP contribution >= 0.6 is 0 Å². The molecule has 0 aliphatic heterocycles. The first-order chi connectivity index (χ1) is 13.6. The number of nitrogens with one attached hydrogen (secondary N) is 1. The number of carbonyl (C=O) groups excluding carboxylic acids is 1. The summed E-state index contributed by atoms with van der Waals surface area (Å²) in [6, 6.07) is 7.05. The molecule has 3 rings (SSSR count). The molecule has 0 unspecified atom stereocenters. The number of hydrogen-bond acceptors (Lipinski definition) is 6. The smallest absolute Gasteiger partial charge is 0.322 e. The van der Waals surface area contributed by atoms with Crippen LogP contribution in [0.5, 0.6) is 0 Å². The van der Waals surface area contributed by atoms with Crippen molar-refractivity contribution >= 4 is 11.7 Å². The Morgan fingerprint density at radius 2 is 2.11 bits per heavy atom. The number of aromatic nitrogens is 4. The van der Waals surface area contributed by atoms with Crippen LogP contribution in [0, 0.1) is 6.92 Å². The van der Waals surface area contributed by atoms with E-state index in [2.05, 4.69) is 20.6 Å². The maximum absolute atomic E-state index is 12.7. The molecule has 0 aliphatic rings. The quantitative estimate of drug-likeness (QED) is 0.641. The molecule has 1 N–H and O–H groups in total. The molecule has 0 saturated carbocycles. The maximum Gasteiger partial charge on any atom is 0.322 e. The second kappa shape index (κ2) is 9.14. The van der Waals surface area contributed by atoms with Gasteiger partial charge in [0.05, 0.1) is 19.3 Å². The highest BCUT2D eigenvalue weighted by Crippen LogP contribution is 2.20. The molecule has 28 heavy (non-hydrogen) atoms. The first-order valence-corrected chi connectivity index (χ1v) is 9.06. The molecule has 1 aromatic carbocycles. The fourth-order valence-corrected chi connectivity index (χ4v) is 2.65. The molecule has 0 aliphatic carbocycles. The van der Waals surface area contributed by atoms with Crippen LogP contribution in [0.25, 0.3) is 11.5 Å². The summed E-state index contributed by atoms with van der Waals surface area (Å²) in [6.07, 6.45) is 3.71. The average molecular weight is 384 g/mol. The van der Waals surface area contributed by atoms with Crippen LogP contribution in [0.1, 0.15) is 18.3 Å². The number of benzene rings is 1. The summed E-state index contributed by atoms with van der Waals surface area (Å²) in [6.45, 7) is 5.94. The van der Waals surface area contributed by atoms with E-state index >= 15 is 0 Å². The zero-order chi connectivity index (χ0) is 19.9. The predicted octanol–water partition coefficient (Wildman–Crippen LogP) is 2.94. The third kappa shape index (κ3) is 4.95. The number of anilines is 1. The molecular formula is C19H24N6O3. The number of hydrogen-bond donors (Lipinski definition) is 1. The summed E-state index contributed by atoms with van der Waals surface area (Å²) in [5.74, 6) is 1.03. The third-order valence-electron chi connectivity index (χ3n) is 4.15. The summed E-state index contributed by atoms with van der Waals surface area (Å²) in [5, 5.41) is 11.0. The number of rotatable bonds is 8. The topological polar surface area (TPSA) is 98.3 Å². The molecule has 0 atom stereocenters. The summed E-state index contributed by atoms with van der Waals surface area (Å²) >= 11 is 0. The number of carbonyl (C=O) groups is 1. The van der Waals surface area contributed by atoms with Crippen LogP contribution in [-0.2, 0) is 17.8 Å². The van der Waals surface area contributed by atoms with Crippen molar-refractivity contribution in [2.24, 2.45) is 0 Å². The van der Waals surface area contributed by atoms with Gasteiger partial charge in [-0.1, -0.05) is 5.16 Å². The van der Waals surface area contributed by atoms with Crippen molar-refractivity contribution in [2.45, 2.75) is 26.9 Å². The van der Waals surface area contributed by atoms with E-state index in [9.17, 15) is 4.79 Å². The molecule has 0 fully saturated rings. The van der Waals surface area contributed by atoms with Crippen LogP contribution in [0.3, 0.4) is 0 Å². The van der Waals surface area contributed by atoms with Crippen LogP contribution in [0.2, 0.25) is 0 Å². The molecule has 0 bridgehead atoms. The molecule has 3 aromatic rings. The first kappa shape index (κ1) is 19.6. The van der Waals surface area contributed by atoms with Gasteiger partial charge in [0, 0.05) is 43.2 Å². The number of ether oxygens (including phenoxy) is 1. The largest absolute Gasteiger partial charge is 0.383 e. The van der Waals surface area contributed by atoms with E-state index < -0.39 is 0 Å². The number of methoxy groups -OCH3 is 1. The highest BCUT2D eigenvalue weighted by atomic mass is 16.5. The minimum Gasteiger partial charge on any atom is -0.383 e. The van der Waals surface area contributed by atoms with Gasteiger partial charge in [-0.3, -0.25) is 4.68 Å². The van der Waals surface area contributed by atoms with E-state index in [-0.39, 0.29) is 6.03 Å². The summed E-state index contributed by atoms with van der Waals surface area (Å²) in [4.78, 5) is 18.6. The second-order valence-electron chi connectivity index (χ2n) is 6.27. The number of urea groups is 1. The van der Waals surface area contributed by atoms with Gasteiger partial charge in [0.1, 0.15) is 0 Å². The minimum atomic E-state index is -0.206. The van der Waals surface area contributed by atoms with E-state index in [4.69, 9.17) is 9.26 Å². The summed E-state index contributed by atoms with van der Waals surface area (Å²) in [5.41, 5.74) is 2.44. The third-order valence-corrected chi connectivity index (χ3v) is 4.15. The fraction of sp³-hybridized carbons (Fsp3) is 0.368. The number of amides is 2. The minimum absolute atomic E-state index is 0.206. The Bertz CT molecular complexity index is 903. The zero-order valence-electron chi connectivity index (χ0n) is 16.3. The highest BCUT2D eigenvalue weighted by molar-refractivity contribution is 5.89. The van der Waals surface area contributed by atoms with Crippen LogP contribution in [0.15, 0.2) is 41.2 Å². The molecule has 2 aromatic heterocycles. The normalized spacial score (nSPS) is 10.8. The molecule has 0 saturated heterocycles. The Morgan fingerprint density at radius 3 is 2.71 bits per heavy atom. The van der Waals surface area contributed by atoms with Crippen molar-refractivity contribution in [3.63, 3.8) is 0 Å². The van der Waals surface area contributed by atoms with Gasteiger partial charge in [0.15, 0.2) is 5.82 Å². The lowest BCUT2D eigenvalue weighted by molar-refractivity contribution is 0.153. The van der Waals surface area contributed by atoms with Gasteiger partial charge in [-0.15, -0.1) is 0 Å². The van der Waals surface area contributed by atoms with Crippen molar-refractivity contribution in [1.29, 1.82) is 0 Å². The van der Waals surface area contributed by atoms with Crippen LogP contribution in [-0.4, -0.2) is 51.1 Å². The van der Waals surface area contributed by atoms with E-state index in [0.29, 0.717) is 37.1 Å². The molecule has 0 radical (unpaired) electrons. The van der Waals surface area contributed by atoms with E-state index in [1.54, 1.807) is 37.3 Å². The molecular weight excluding hydrogens is 360 g/mol. The monoisotopic (exact) mass is 384 g/mol. The lowest BCUT2D eigenvalue weighted by Gasteiger charge is -2.22. The van der Waals surface area contributed by atoms with Gasteiger partial charge < -0.3 is 19.5 Å². The predicted molar refractivity (Wildman–Crippen MR) is 104 cm³/mol. The Balaban J connectivity index is 1.66. The molecule has 2 amide bonds. The first-order valence-electron chi connectivity index (χ1n) is 9.06. The average Bonchev–Trinajstić information content (AvgIpc) is 3.34. The molecule has 2 heterocycles. The lowest BCUT2D eigenvalue weighted by Crippen LogP contribution is -2.36. The van der Waals surface area contributed by atoms with Gasteiger partial charge >= 0.3 is 6.03 Å². The van der Waals surface area contributed by atoms with Gasteiger partial charge in [-0.25, -0.2) is 4.79 Å². The second-order valence-corrected chi connectivity index (χ2v) is 6.27. The standard InChI is InChI=1S/C19H24N6O3/c1-4-25-13-15(11-20-25)12-24(9-10-27-3)19(26)22-17-7-5-16(6-8-17)18-21-14(2)23-28-18/h5-8,11,13H,4,9-10,12H2,1-3H3,(H,22,26). The Hall–Kier alpha value is -3.20. The summed E-state index contributed by atoms with van der Waals surface area (Å²) in [7, 11) is 1.61. The van der Waals surface area contributed by atoms with Gasteiger partial charge in [-0.05, 0) is 38.1 Å². The number of nitrogens with zero attached hydrogens (tertiary/aromatic N) is 5. The maximum atomic E-state index is 12.7. The zero-order valence-corrected chi connectivity index (χ0v) is 16.3. The molecule has 0 spiro atoms. The van der Waals surface area contributed by atoms with Crippen molar-refractivity contribution in [3.05, 3.63) is 48.0 Å². The Morgan fingerprint density at radius 1 is 1.32 bits per heavy atom. The van der Waals surface area contributed by atoms with Crippen molar-refractivity contribution < 1.29 is 14.1 Å².